The van der Waals surface area contributed by atoms with Gasteiger partial charge < -0.3 is 9.64 Å². The summed E-state index contributed by atoms with van der Waals surface area (Å²) < 4.78 is 6.79. The quantitative estimate of drug-likeness (QED) is 0.534. The van der Waals surface area contributed by atoms with E-state index >= 15 is 0 Å². The smallest absolute Gasteiger partial charge is 0.276 e. The molecule has 3 heterocycles. The molecule has 8 heteroatoms. The van der Waals surface area contributed by atoms with Crippen molar-refractivity contribution in [3.63, 3.8) is 0 Å². The summed E-state index contributed by atoms with van der Waals surface area (Å²) in [6, 6.07) is 16.6. The molecule has 0 fully saturated rings. The van der Waals surface area contributed by atoms with Gasteiger partial charge in [0, 0.05) is 23.2 Å². The molecular weight excluding hydrogens is 416 g/mol. The number of H-pyrrole nitrogens is 1. The van der Waals surface area contributed by atoms with Crippen LogP contribution in [0, 0.1) is 0 Å². The molecule has 2 aromatic heterocycles. The Kier molecular flexibility index (Phi) is 4.75. The Morgan fingerprint density at radius 3 is 2.74 bits per heavy atom. The molecule has 0 unspecified atom stereocenters. The van der Waals surface area contributed by atoms with Crippen LogP contribution in [-0.4, -0.2) is 39.1 Å². The first-order chi connectivity index (χ1) is 15.0. The van der Waals surface area contributed by atoms with Gasteiger partial charge in [-0.3, -0.25) is 14.7 Å². The van der Waals surface area contributed by atoms with E-state index in [1.54, 1.807) is 23.1 Å². The molecule has 2 aromatic carbocycles. The number of rotatable bonds is 3. The Morgan fingerprint density at radius 1 is 1.16 bits per heavy atom. The minimum Gasteiger partial charge on any atom is -0.496 e. The molecule has 156 valence electrons. The molecule has 7 nitrogen and oxygen atoms in total. The van der Waals surface area contributed by atoms with E-state index < -0.39 is 0 Å². The molecule has 5 rings (SSSR count). The summed E-state index contributed by atoms with van der Waals surface area (Å²) in [7, 11) is 1.51. The summed E-state index contributed by atoms with van der Waals surface area (Å²) in [5.74, 6) is 0.257. The zero-order chi connectivity index (χ0) is 21.5. The number of methoxy groups -OCH3 is 1. The number of aromatic amines is 1. The van der Waals surface area contributed by atoms with Crippen LogP contribution >= 0.6 is 11.6 Å². The first-order valence-electron chi connectivity index (χ1n) is 9.87. The number of amides is 1. The fourth-order valence-corrected chi connectivity index (χ4v) is 4.12. The summed E-state index contributed by atoms with van der Waals surface area (Å²) >= 11 is 6.09. The Morgan fingerprint density at radius 2 is 1.97 bits per heavy atom. The van der Waals surface area contributed by atoms with Crippen LogP contribution in [0.3, 0.4) is 0 Å². The zero-order valence-electron chi connectivity index (χ0n) is 16.8. The van der Waals surface area contributed by atoms with Crippen LogP contribution < -0.4 is 10.3 Å². The van der Waals surface area contributed by atoms with Crippen LogP contribution in [0.1, 0.15) is 21.6 Å². The monoisotopic (exact) mass is 434 g/mol. The number of ether oxygens (including phenoxy) is 1. The minimum atomic E-state index is -0.203. The van der Waals surface area contributed by atoms with Crippen LogP contribution in [0.15, 0.2) is 59.4 Å². The SMILES string of the molecule is COc1ccc(Cl)cc1C(=O)N1CCc2c(nc3cc(-c4ccccc4)[nH]n3c2=O)C1. The Balaban J connectivity index is 1.51. The molecule has 1 N–H and O–H groups in total. The number of halogens is 1. The number of nitrogens with zero attached hydrogens (tertiary/aromatic N) is 3. The van der Waals surface area contributed by atoms with Crippen LogP contribution in [0.4, 0.5) is 0 Å². The third-order valence-corrected chi connectivity index (χ3v) is 5.77. The molecular formula is C23H19ClN4O3. The van der Waals surface area contributed by atoms with Crippen molar-refractivity contribution in [2.24, 2.45) is 0 Å². The number of fused-ring (bicyclic) bond motifs is 2. The summed E-state index contributed by atoms with van der Waals surface area (Å²) in [6.07, 6.45) is 0.429. The third-order valence-electron chi connectivity index (χ3n) is 5.53. The number of nitrogens with one attached hydrogen (secondary N) is 1. The van der Waals surface area contributed by atoms with E-state index in [1.165, 1.54) is 11.6 Å². The molecule has 0 saturated carbocycles. The molecule has 0 spiro atoms. The van der Waals surface area contributed by atoms with Crippen LogP contribution in [0.5, 0.6) is 5.75 Å². The molecule has 1 amide bonds. The van der Waals surface area contributed by atoms with Gasteiger partial charge in [-0.2, -0.15) is 0 Å². The van der Waals surface area contributed by atoms with Gasteiger partial charge in [-0.05, 0) is 30.2 Å². The first-order valence-corrected chi connectivity index (χ1v) is 10.2. The number of aromatic nitrogens is 3. The lowest BCUT2D eigenvalue weighted by Gasteiger charge is -2.28. The molecule has 31 heavy (non-hydrogen) atoms. The number of hydrogen-bond donors (Lipinski definition) is 1. The van der Waals surface area contributed by atoms with Gasteiger partial charge in [0.25, 0.3) is 11.5 Å². The Hall–Kier alpha value is -3.58. The van der Waals surface area contributed by atoms with E-state index in [9.17, 15) is 9.59 Å². The number of hydrogen-bond acceptors (Lipinski definition) is 4. The van der Waals surface area contributed by atoms with Crippen molar-refractivity contribution in [1.29, 1.82) is 0 Å². The molecule has 4 aromatic rings. The van der Waals surface area contributed by atoms with Gasteiger partial charge in [-0.15, -0.1) is 0 Å². The Bertz CT molecular complexity index is 1360. The Labute approximate surface area is 182 Å². The lowest BCUT2D eigenvalue weighted by Crippen LogP contribution is -2.39. The maximum absolute atomic E-state index is 13.1. The number of carbonyl (C=O) groups excluding carboxylic acids is 1. The normalized spacial score (nSPS) is 13.3. The zero-order valence-corrected chi connectivity index (χ0v) is 17.5. The molecule has 0 bridgehead atoms. The molecule has 0 radical (unpaired) electrons. The molecule has 1 aliphatic rings. The van der Waals surface area contributed by atoms with Gasteiger partial charge in [0.2, 0.25) is 0 Å². The van der Waals surface area contributed by atoms with Crippen molar-refractivity contribution in [3.8, 4) is 17.0 Å². The lowest BCUT2D eigenvalue weighted by atomic mass is 10.0. The summed E-state index contributed by atoms with van der Waals surface area (Å²) in [5.41, 5.74) is 3.81. The minimum absolute atomic E-state index is 0.130. The summed E-state index contributed by atoms with van der Waals surface area (Å²) in [4.78, 5) is 32.6. The standard InChI is InChI=1S/C23H19ClN4O3/c1-31-20-8-7-15(24)11-17(20)22(29)27-10-9-16-19(13-27)25-21-12-18(26-28(21)23(16)30)14-5-3-2-4-6-14/h2-8,11-12,26H,9-10,13H2,1H3. The summed E-state index contributed by atoms with van der Waals surface area (Å²) in [5, 5.41) is 3.60. The molecule has 0 aliphatic carbocycles. The highest BCUT2D eigenvalue weighted by Crippen LogP contribution is 2.26. The van der Waals surface area contributed by atoms with Gasteiger partial charge in [-0.25, -0.2) is 9.50 Å². The average Bonchev–Trinajstić information content (AvgIpc) is 3.23. The average molecular weight is 435 g/mol. The first kappa shape index (κ1) is 19.4. The second kappa shape index (κ2) is 7.59. The van der Waals surface area contributed by atoms with Crippen molar-refractivity contribution in [2.45, 2.75) is 13.0 Å². The predicted octanol–water partition coefficient (Wildman–Crippen LogP) is 3.55. The number of benzene rings is 2. The van der Waals surface area contributed by atoms with Gasteiger partial charge in [-0.1, -0.05) is 41.9 Å². The highest BCUT2D eigenvalue weighted by Gasteiger charge is 2.27. The fraction of sp³-hybridized carbons (Fsp3) is 0.174. The van der Waals surface area contributed by atoms with E-state index in [-0.39, 0.29) is 18.0 Å². The van der Waals surface area contributed by atoms with Crippen LogP contribution in [-0.2, 0) is 13.0 Å². The van der Waals surface area contributed by atoms with Crippen molar-refractivity contribution in [2.75, 3.05) is 13.7 Å². The van der Waals surface area contributed by atoms with E-state index in [2.05, 4.69) is 10.1 Å². The number of carbonyl (C=O) groups is 1. The van der Waals surface area contributed by atoms with Gasteiger partial charge in [0.05, 0.1) is 30.6 Å². The highest BCUT2D eigenvalue weighted by atomic mass is 35.5. The van der Waals surface area contributed by atoms with Gasteiger partial charge in [0.15, 0.2) is 5.65 Å². The second-order valence-corrected chi connectivity index (χ2v) is 7.83. The van der Waals surface area contributed by atoms with Crippen molar-refractivity contribution in [3.05, 3.63) is 86.8 Å². The van der Waals surface area contributed by atoms with Crippen molar-refractivity contribution in [1.82, 2.24) is 19.5 Å². The molecule has 0 atom stereocenters. The van der Waals surface area contributed by atoms with Crippen LogP contribution in [0.2, 0.25) is 5.02 Å². The topological polar surface area (TPSA) is 79.7 Å². The van der Waals surface area contributed by atoms with Gasteiger partial charge in [0.1, 0.15) is 5.75 Å². The predicted molar refractivity (Wildman–Crippen MR) is 118 cm³/mol. The van der Waals surface area contributed by atoms with E-state index in [0.29, 0.717) is 46.2 Å². The van der Waals surface area contributed by atoms with E-state index in [0.717, 1.165) is 11.3 Å². The van der Waals surface area contributed by atoms with E-state index in [4.69, 9.17) is 16.3 Å². The van der Waals surface area contributed by atoms with Crippen LogP contribution in [0.25, 0.3) is 16.9 Å². The maximum atomic E-state index is 13.1. The lowest BCUT2D eigenvalue weighted by molar-refractivity contribution is 0.0728. The summed E-state index contributed by atoms with van der Waals surface area (Å²) in [6.45, 7) is 0.665. The van der Waals surface area contributed by atoms with E-state index in [1.807, 2.05) is 36.4 Å². The fourth-order valence-electron chi connectivity index (χ4n) is 3.95. The van der Waals surface area contributed by atoms with Crippen molar-refractivity contribution >= 4 is 23.2 Å². The second-order valence-electron chi connectivity index (χ2n) is 7.39. The van der Waals surface area contributed by atoms with Crippen molar-refractivity contribution < 1.29 is 9.53 Å². The molecule has 1 aliphatic heterocycles. The third kappa shape index (κ3) is 3.37. The maximum Gasteiger partial charge on any atom is 0.276 e. The molecule has 0 saturated heterocycles. The largest absolute Gasteiger partial charge is 0.496 e. The highest BCUT2D eigenvalue weighted by molar-refractivity contribution is 6.31. The van der Waals surface area contributed by atoms with Gasteiger partial charge >= 0.3 is 0 Å².